The smallest absolute Gasteiger partial charge is 0.167 e. The summed E-state index contributed by atoms with van der Waals surface area (Å²) < 4.78 is 14.6. The molecular weight excluding hydrogens is 354 g/mol. The van der Waals surface area contributed by atoms with E-state index in [1.807, 2.05) is 63.7 Å². The Morgan fingerprint density at radius 1 is 0.679 bits per heavy atom. The topological polar surface area (TPSA) is 67.0 Å². The molecule has 0 amide bonds. The highest BCUT2D eigenvalue weighted by molar-refractivity contribution is 5.87. The van der Waals surface area contributed by atoms with E-state index in [0.717, 1.165) is 45.2 Å². The zero-order valence-corrected chi connectivity index (χ0v) is 15.4. The van der Waals surface area contributed by atoms with Crippen molar-refractivity contribution in [2.24, 2.45) is 0 Å². The van der Waals surface area contributed by atoms with E-state index in [9.17, 15) is 0 Å². The van der Waals surface area contributed by atoms with Crippen LogP contribution in [0.1, 0.15) is 0 Å². The minimum atomic E-state index is 0.755. The number of aromatic nitrogens is 5. The second kappa shape index (κ2) is 6.38. The standard InChI is InChI=1S/C21H17N5O2/c1-27-16-7-3-5-14(9-16)25-12-22-18-11-19-21(24-20(18)25)26(13-23-19)15-6-4-8-17(10-15)28-2/h3-13H,1-2H3. The maximum absolute atomic E-state index is 5.34. The summed E-state index contributed by atoms with van der Waals surface area (Å²) in [5, 5.41) is 0. The predicted molar refractivity (Wildman–Crippen MR) is 107 cm³/mol. The first-order valence-corrected chi connectivity index (χ1v) is 8.77. The van der Waals surface area contributed by atoms with E-state index < -0.39 is 0 Å². The van der Waals surface area contributed by atoms with Crippen molar-refractivity contribution in [3.63, 3.8) is 0 Å². The molecule has 0 fully saturated rings. The first kappa shape index (κ1) is 16.3. The van der Waals surface area contributed by atoms with Crippen LogP contribution in [0.2, 0.25) is 0 Å². The van der Waals surface area contributed by atoms with Crippen molar-refractivity contribution in [2.45, 2.75) is 0 Å². The summed E-state index contributed by atoms with van der Waals surface area (Å²) in [5.41, 5.74) is 4.94. The van der Waals surface area contributed by atoms with Gasteiger partial charge in [-0.1, -0.05) is 12.1 Å². The number of hydrogen-bond acceptors (Lipinski definition) is 5. The summed E-state index contributed by atoms with van der Waals surface area (Å²) in [7, 11) is 3.30. The van der Waals surface area contributed by atoms with Crippen molar-refractivity contribution in [1.29, 1.82) is 0 Å². The molecule has 7 heteroatoms. The van der Waals surface area contributed by atoms with Gasteiger partial charge < -0.3 is 9.47 Å². The Hall–Kier alpha value is -3.87. The van der Waals surface area contributed by atoms with Crippen LogP contribution in [0.3, 0.4) is 0 Å². The van der Waals surface area contributed by atoms with Gasteiger partial charge in [0.1, 0.15) is 35.2 Å². The average molecular weight is 371 g/mol. The Kier molecular flexibility index (Phi) is 3.72. The maximum Gasteiger partial charge on any atom is 0.167 e. The number of pyridine rings is 1. The first-order chi connectivity index (χ1) is 13.8. The van der Waals surface area contributed by atoms with Crippen molar-refractivity contribution >= 4 is 22.3 Å². The van der Waals surface area contributed by atoms with Crippen molar-refractivity contribution in [2.75, 3.05) is 14.2 Å². The molecule has 0 bridgehead atoms. The molecule has 7 nitrogen and oxygen atoms in total. The summed E-state index contributed by atoms with van der Waals surface area (Å²) in [6.07, 6.45) is 3.53. The van der Waals surface area contributed by atoms with Gasteiger partial charge in [-0.25, -0.2) is 15.0 Å². The number of hydrogen-bond donors (Lipinski definition) is 0. The summed E-state index contributed by atoms with van der Waals surface area (Å²) in [6.45, 7) is 0. The molecule has 0 saturated carbocycles. The monoisotopic (exact) mass is 371 g/mol. The number of rotatable bonds is 4. The minimum Gasteiger partial charge on any atom is -0.497 e. The van der Waals surface area contributed by atoms with Crippen molar-refractivity contribution in [3.05, 3.63) is 67.3 Å². The van der Waals surface area contributed by atoms with Gasteiger partial charge in [0.25, 0.3) is 0 Å². The number of benzene rings is 2. The van der Waals surface area contributed by atoms with Crippen LogP contribution in [0, 0.1) is 0 Å². The third-order valence-electron chi connectivity index (χ3n) is 4.69. The SMILES string of the molecule is COc1cccc(-n2cnc3cc4ncn(-c5cccc(OC)c5)c4nc32)c1. The molecule has 5 rings (SSSR count). The van der Waals surface area contributed by atoms with Gasteiger partial charge in [-0.05, 0) is 30.3 Å². The van der Waals surface area contributed by atoms with Crippen LogP contribution in [0.25, 0.3) is 33.7 Å². The lowest BCUT2D eigenvalue weighted by molar-refractivity contribution is 0.414. The van der Waals surface area contributed by atoms with Crippen LogP contribution in [0.5, 0.6) is 11.5 Å². The number of methoxy groups -OCH3 is 2. The lowest BCUT2D eigenvalue weighted by atomic mass is 10.3. The highest BCUT2D eigenvalue weighted by Crippen LogP contribution is 2.25. The minimum absolute atomic E-state index is 0.755. The predicted octanol–water partition coefficient (Wildman–Crippen LogP) is 3.78. The molecule has 0 spiro atoms. The molecule has 2 aromatic carbocycles. The molecular formula is C21H17N5O2. The largest absolute Gasteiger partial charge is 0.497 e. The van der Waals surface area contributed by atoms with Crippen LogP contribution in [0.15, 0.2) is 67.3 Å². The second-order valence-electron chi connectivity index (χ2n) is 6.31. The molecule has 0 aliphatic carbocycles. The van der Waals surface area contributed by atoms with E-state index in [1.165, 1.54) is 0 Å². The van der Waals surface area contributed by atoms with E-state index in [1.54, 1.807) is 26.9 Å². The fourth-order valence-electron chi connectivity index (χ4n) is 3.27. The number of ether oxygens (including phenoxy) is 2. The third kappa shape index (κ3) is 2.56. The zero-order valence-electron chi connectivity index (χ0n) is 15.4. The Morgan fingerprint density at radius 2 is 1.18 bits per heavy atom. The summed E-state index contributed by atoms with van der Waals surface area (Å²) in [4.78, 5) is 13.9. The molecule has 28 heavy (non-hydrogen) atoms. The van der Waals surface area contributed by atoms with Crippen molar-refractivity contribution in [1.82, 2.24) is 24.1 Å². The average Bonchev–Trinajstić information content (AvgIpc) is 3.35. The molecule has 3 heterocycles. The normalized spacial score (nSPS) is 11.2. The Morgan fingerprint density at radius 3 is 1.64 bits per heavy atom. The van der Waals surface area contributed by atoms with Gasteiger partial charge in [0.2, 0.25) is 0 Å². The van der Waals surface area contributed by atoms with Gasteiger partial charge in [0.15, 0.2) is 11.3 Å². The molecule has 138 valence electrons. The van der Waals surface area contributed by atoms with E-state index in [0.29, 0.717) is 0 Å². The molecule has 0 saturated heterocycles. The summed E-state index contributed by atoms with van der Waals surface area (Å²) >= 11 is 0. The number of fused-ring (bicyclic) bond motifs is 2. The number of nitrogens with zero attached hydrogens (tertiary/aromatic N) is 5. The van der Waals surface area contributed by atoms with Crippen LogP contribution in [-0.4, -0.2) is 38.3 Å². The fourth-order valence-corrected chi connectivity index (χ4v) is 3.27. The third-order valence-corrected chi connectivity index (χ3v) is 4.69. The lowest BCUT2D eigenvalue weighted by Gasteiger charge is -2.08. The Labute approximate surface area is 160 Å². The van der Waals surface area contributed by atoms with E-state index in [4.69, 9.17) is 14.5 Å². The highest BCUT2D eigenvalue weighted by Gasteiger charge is 2.13. The molecule has 0 aliphatic heterocycles. The van der Waals surface area contributed by atoms with Crippen LogP contribution in [0.4, 0.5) is 0 Å². The molecule has 3 aromatic heterocycles. The van der Waals surface area contributed by atoms with E-state index >= 15 is 0 Å². The molecule has 0 aliphatic rings. The van der Waals surface area contributed by atoms with Crippen LogP contribution >= 0.6 is 0 Å². The van der Waals surface area contributed by atoms with Crippen LogP contribution < -0.4 is 9.47 Å². The molecule has 0 radical (unpaired) electrons. The molecule has 5 aromatic rings. The Bertz CT molecular complexity index is 1210. The highest BCUT2D eigenvalue weighted by atomic mass is 16.5. The van der Waals surface area contributed by atoms with E-state index in [-0.39, 0.29) is 0 Å². The second-order valence-corrected chi connectivity index (χ2v) is 6.31. The van der Waals surface area contributed by atoms with Gasteiger partial charge >= 0.3 is 0 Å². The maximum atomic E-state index is 5.34. The summed E-state index contributed by atoms with van der Waals surface area (Å²) in [5.74, 6) is 1.56. The lowest BCUT2D eigenvalue weighted by Crippen LogP contribution is -1.98. The molecule has 0 N–H and O–H groups in total. The van der Waals surface area contributed by atoms with Gasteiger partial charge in [-0.15, -0.1) is 0 Å². The first-order valence-electron chi connectivity index (χ1n) is 8.77. The fraction of sp³-hybridized carbons (Fsp3) is 0.0952. The molecule has 0 atom stereocenters. The Balaban J connectivity index is 1.71. The quantitative estimate of drug-likeness (QED) is 0.481. The van der Waals surface area contributed by atoms with Gasteiger partial charge in [-0.2, -0.15) is 0 Å². The number of imidazole rings is 2. The zero-order chi connectivity index (χ0) is 19.1. The van der Waals surface area contributed by atoms with Gasteiger partial charge in [0.05, 0.1) is 25.6 Å². The summed E-state index contributed by atoms with van der Waals surface area (Å²) in [6, 6.07) is 17.5. The van der Waals surface area contributed by atoms with Crippen molar-refractivity contribution in [3.8, 4) is 22.9 Å². The van der Waals surface area contributed by atoms with Crippen molar-refractivity contribution < 1.29 is 9.47 Å². The van der Waals surface area contributed by atoms with Gasteiger partial charge in [0, 0.05) is 12.1 Å². The van der Waals surface area contributed by atoms with Crippen LogP contribution in [-0.2, 0) is 0 Å². The molecule has 0 unspecified atom stereocenters. The van der Waals surface area contributed by atoms with E-state index in [2.05, 4.69) is 9.97 Å². The van der Waals surface area contributed by atoms with Gasteiger partial charge in [-0.3, -0.25) is 9.13 Å².